The summed E-state index contributed by atoms with van der Waals surface area (Å²) in [6, 6.07) is 10.0. The van der Waals surface area contributed by atoms with Crippen molar-refractivity contribution in [1.29, 1.82) is 5.26 Å². The summed E-state index contributed by atoms with van der Waals surface area (Å²) in [5, 5.41) is 9.32. The maximum absolute atomic E-state index is 12.6. The number of nitrogens with zero attached hydrogens (tertiary/aromatic N) is 2. The summed E-state index contributed by atoms with van der Waals surface area (Å²) in [5.74, 6) is 1.15. The van der Waals surface area contributed by atoms with Crippen LogP contribution in [0.15, 0.2) is 40.8 Å². The Morgan fingerprint density at radius 3 is 2.36 bits per heavy atom. The van der Waals surface area contributed by atoms with Gasteiger partial charge in [0.1, 0.15) is 5.76 Å². The lowest BCUT2D eigenvalue weighted by Crippen LogP contribution is -2.35. The molecule has 2 aromatic rings. The lowest BCUT2D eigenvalue weighted by atomic mass is 10.0. The van der Waals surface area contributed by atoms with Crippen molar-refractivity contribution >= 4 is 17.5 Å². The Kier molecular flexibility index (Phi) is 4.81. The van der Waals surface area contributed by atoms with Gasteiger partial charge in [-0.15, -0.1) is 0 Å². The summed E-state index contributed by atoms with van der Waals surface area (Å²) in [7, 11) is 0. The maximum atomic E-state index is 12.6. The van der Waals surface area contributed by atoms with Crippen molar-refractivity contribution in [1.82, 2.24) is 0 Å². The number of hydrogen-bond donors (Lipinski definition) is 0. The van der Waals surface area contributed by atoms with Crippen LogP contribution in [-0.2, 0) is 10.9 Å². The van der Waals surface area contributed by atoms with Crippen molar-refractivity contribution < 1.29 is 22.3 Å². The first-order chi connectivity index (χ1) is 12.0. The number of halogens is 3. The Bertz CT molecular complexity index is 795. The fourth-order valence-electron chi connectivity index (χ4n) is 2.53. The molecule has 1 saturated heterocycles. The predicted molar refractivity (Wildman–Crippen MR) is 86.7 cm³/mol. The molecular weight excluding hydrogens is 333 g/mol. The SMILES string of the molecule is N#C/C(=C/c1ccc(N2CCOCC2)o1)c1ccc(C(F)(F)F)cc1. The molecule has 130 valence electrons. The average Bonchev–Trinajstić information content (AvgIpc) is 3.08. The van der Waals surface area contributed by atoms with E-state index in [9.17, 15) is 18.4 Å². The zero-order valence-corrected chi connectivity index (χ0v) is 13.2. The quantitative estimate of drug-likeness (QED) is 0.780. The minimum Gasteiger partial charge on any atom is -0.441 e. The Balaban J connectivity index is 1.81. The van der Waals surface area contributed by atoms with Crippen molar-refractivity contribution in [2.75, 3.05) is 31.2 Å². The van der Waals surface area contributed by atoms with Crippen LogP contribution in [0.25, 0.3) is 11.6 Å². The Morgan fingerprint density at radius 1 is 1.08 bits per heavy atom. The van der Waals surface area contributed by atoms with Crippen molar-refractivity contribution in [3.8, 4) is 6.07 Å². The molecular formula is C18H15F3N2O2. The molecule has 0 unspecified atom stereocenters. The van der Waals surface area contributed by atoms with Crippen molar-refractivity contribution in [3.63, 3.8) is 0 Å². The molecule has 3 rings (SSSR count). The molecule has 25 heavy (non-hydrogen) atoms. The lowest BCUT2D eigenvalue weighted by molar-refractivity contribution is -0.137. The lowest BCUT2D eigenvalue weighted by Gasteiger charge is -2.26. The van der Waals surface area contributed by atoms with Crippen LogP contribution in [0.5, 0.6) is 0 Å². The first kappa shape index (κ1) is 17.1. The molecule has 1 aromatic carbocycles. The summed E-state index contributed by atoms with van der Waals surface area (Å²) in [6.07, 6.45) is -2.88. The van der Waals surface area contributed by atoms with E-state index in [1.54, 1.807) is 12.1 Å². The van der Waals surface area contributed by atoms with Gasteiger partial charge in [-0.3, -0.25) is 0 Å². The number of furan rings is 1. The molecule has 1 aliphatic heterocycles. The molecule has 0 spiro atoms. The van der Waals surface area contributed by atoms with Crippen molar-refractivity contribution in [2.45, 2.75) is 6.18 Å². The molecule has 1 aromatic heterocycles. The number of anilines is 1. The van der Waals surface area contributed by atoms with Gasteiger partial charge < -0.3 is 14.1 Å². The van der Waals surface area contributed by atoms with Gasteiger partial charge >= 0.3 is 6.18 Å². The van der Waals surface area contributed by atoms with E-state index in [0.29, 0.717) is 30.4 Å². The number of morpholine rings is 1. The van der Waals surface area contributed by atoms with Crippen molar-refractivity contribution in [3.05, 3.63) is 53.3 Å². The highest BCUT2D eigenvalue weighted by Gasteiger charge is 2.30. The summed E-state index contributed by atoms with van der Waals surface area (Å²) in [4.78, 5) is 2.03. The smallest absolute Gasteiger partial charge is 0.416 e. The minimum atomic E-state index is -4.40. The van der Waals surface area contributed by atoms with Crippen LogP contribution in [0.3, 0.4) is 0 Å². The molecule has 0 N–H and O–H groups in total. The second-order valence-electron chi connectivity index (χ2n) is 5.52. The zero-order valence-electron chi connectivity index (χ0n) is 13.2. The number of benzene rings is 1. The van der Waals surface area contributed by atoms with Crippen LogP contribution in [0, 0.1) is 11.3 Å². The van der Waals surface area contributed by atoms with Crippen LogP contribution in [-0.4, -0.2) is 26.3 Å². The van der Waals surface area contributed by atoms with Gasteiger partial charge in [0.05, 0.1) is 30.4 Å². The third kappa shape index (κ3) is 4.03. The second-order valence-corrected chi connectivity index (χ2v) is 5.52. The van der Waals surface area contributed by atoms with Crippen LogP contribution in [0.1, 0.15) is 16.9 Å². The molecule has 0 amide bonds. The highest BCUT2D eigenvalue weighted by Crippen LogP contribution is 2.30. The number of hydrogen-bond acceptors (Lipinski definition) is 4. The van der Waals surface area contributed by atoms with E-state index in [1.165, 1.54) is 18.2 Å². The Labute approximate surface area is 142 Å². The van der Waals surface area contributed by atoms with E-state index < -0.39 is 11.7 Å². The van der Waals surface area contributed by atoms with Crippen LogP contribution in [0.4, 0.5) is 19.1 Å². The first-order valence-corrected chi connectivity index (χ1v) is 7.69. The second kappa shape index (κ2) is 7.03. The molecule has 1 fully saturated rings. The molecule has 0 radical (unpaired) electrons. The normalized spacial score (nSPS) is 15.9. The molecule has 7 heteroatoms. The van der Waals surface area contributed by atoms with Gasteiger partial charge in [-0.2, -0.15) is 18.4 Å². The highest BCUT2D eigenvalue weighted by molar-refractivity contribution is 5.88. The van der Waals surface area contributed by atoms with E-state index in [2.05, 4.69) is 0 Å². The number of ether oxygens (including phenoxy) is 1. The monoisotopic (exact) mass is 348 g/mol. The number of rotatable bonds is 3. The zero-order chi connectivity index (χ0) is 17.9. The van der Waals surface area contributed by atoms with E-state index in [0.717, 1.165) is 25.2 Å². The third-order valence-electron chi connectivity index (χ3n) is 3.87. The van der Waals surface area contributed by atoms with Crippen LogP contribution in [0.2, 0.25) is 0 Å². The van der Waals surface area contributed by atoms with Gasteiger partial charge in [-0.25, -0.2) is 0 Å². The predicted octanol–water partition coefficient (Wildman–Crippen LogP) is 4.20. The van der Waals surface area contributed by atoms with Gasteiger partial charge in [0.2, 0.25) is 0 Å². The number of allylic oxidation sites excluding steroid dienone is 1. The van der Waals surface area contributed by atoms with E-state index in [4.69, 9.17) is 9.15 Å². The fraction of sp³-hybridized carbons (Fsp3) is 0.278. The van der Waals surface area contributed by atoms with E-state index in [-0.39, 0.29) is 5.57 Å². The largest absolute Gasteiger partial charge is 0.441 e. The number of alkyl halides is 3. The summed E-state index contributed by atoms with van der Waals surface area (Å²) in [5.41, 5.74) is -0.113. The first-order valence-electron chi connectivity index (χ1n) is 7.69. The molecule has 0 aliphatic carbocycles. The summed E-state index contributed by atoms with van der Waals surface area (Å²) >= 11 is 0. The molecule has 0 bridgehead atoms. The average molecular weight is 348 g/mol. The standard InChI is InChI=1S/C18H15F3N2O2/c19-18(20,21)15-3-1-13(2-4-15)14(12-22)11-16-5-6-17(25-16)23-7-9-24-10-8-23/h1-6,11H,7-10H2/b14-11-. The molecule has 1 aliphatic rings. The molecule has 0 saturated carbocycles. The van der Waals surface area contributed by atoms with Crippen LogP contribution >= 0.6 is 0 Å². The van der Waals surface area contributed by atoms with Crippen molar-refractivity contribution in [2.24, 2.45) is 0 Å². The Hall–Kier alpha value is -2.72. The summed E-state index contributed by atoms with van der Waals surface area (Å²) in [6.45, 7) is 2.70. The fourth-order valence-corrected chi connectivity index (χ4v) is 2.53. The van der Waals surface area contributed by atoms with Gasteiger partial charge in [0, 0.05) is 19.2 Å². The maximum Gasteiger partial charge on any atom is 0.416 e. The van der Waals surface area contributed by atoms with E-state index >= 15 is 0 Å². The molecule has 4 nitrogen and oxygen atoms in total. The van der Waals surface area contributed by atoms with Gasteiger partial charge in [0.25, 0.3) is 0 Å². The number of nitriles is 1. The van der Waals surface area contributed by atoms with Gasteiger partial charge in [0.15, 0.2) is 5.88 Å². The van der Waals surface area contributed by atoms with Crippen LogP contribution < -0.4 is 4.90 Å². The highest BCUT2D eigenvalue weighted by atomic mass is 19.4. The minimum absolute atomic E-state index is 0.233. The topological polar surface area (TPSA) is 49.4 Å². The summed E-state index contributed by atoms with van der Waals surface area (Å²) < 4.78 is 48.9. The molecule has 0 atom stereocenters. The van der Waals surface area contributed by atoms with Gasteiger partial charge in [-0.05, 0) is 29.8 Å². The van der Waals surface area contributed by atoms with E-state index in [1.807, 2.05) is 11.0 Å². The Morgan fingerprint density at radius 2 is 1.76 bits per heavy atom. The molecule has 2 heterocycles. The van der Waals surface area contributed by atoms with Gasteiger partial charge in [-0.1, -0.05) is 12.1 Å². The third-order valence-corrected chi connectivity index (χ3v) is 3.87.